The van der Waals surface area contributed by atoms with Crippen molar-refractivity contribution in [3.8, 4) is 0 Å². The van der Waals surface area contributed by atoms with E-state index in [1.807, 2.05) is 0 Å². The zero-order chi connectivity index (χ0) is 13.9. The summed E-state index contributed by atoms with van der Waals surface area (Å²) in [6.45, 7) is 0.171. The summed E-state index contributed by atoms with van der Waals surface area (Å²) in [7, 11) is -0.191. The van der Waals surface area contributed by atoms with E-state index in [4.69, 9.17) is 0 Å². The van der Waals surface area contributed by atoms with Crippen molar-refractivity contribution in [2.75, 3.05) is 12.4 Å². The Labute approximate surface area is 110 Å². The lowest BCUT2D eigenvalue weighted by molar-refractivity contribution is 0.580. The van der Waals surface area contributed by atoms with Crippen LogP contribution in [0.15, 0.2) is 29.7 Å². The number of rotatable bonds is 5. The molecular weight excluding hydrogens is 268 g/mol. The second kappa shape index (κ2) is 5.33. The first-order valence-electron chi connectivity index (χ1n) is 5.48. The predicted molar refractivity (Wildman–Crippen MR) is 68.8 cm³/mol. The van der Waals surface area contributed by atoms with Gasteiger partial charge in [-0.25, -0.2) is 23.1 Å². The molecule has 2 aromatic rings. The third kappa shape index (κ3) is 3.26. The first-order chi connectivity index (χ1) is 9.01. The van der Waals surface area contributed by atoms with Crippen molar-refractivity contribution in [1.29, 1.82) is 0 Å². The third-order valence-electron chi connectivity index (χ3n) is 2.39. The largest absolute Gasteiger partial charge is 0.357 e. The second-order valence-electron chi connectivity index (χ2n) is 3.84. The highest BCUT2D eigenvalue weighted by Crippen LogP contribution is 2.08. The first kappa shape index (κ1) is 13.4. The minimum atomic E-state index is -3.61. The van der Waals surface area contributed by atoms with E-state index >= 15 is 0 Å². The fourth-order valence-corrected chi connectivity index (χ4v) is 2.32. The Hall–Kier alpha value is -2.00. The molecule has 0 aliphatic heterocycles. The number of sulfonamides is 1. The Kier molecular flexibility index (Phi) is 3.76. The smallest absolute Gasteiger partial charge is 0.243 e. The normalized spacial score (nSPS) is 11.5. The van der Waals surface area contributed by atoms with Gasteiger partial charge in [-0.15, -0.1) is 0 Å². The van der Waals surface area contributed by atoms with Crippen LogP contribution in [0.2, 0.25) is 0 Å². The van der Waals surface area contributed by atoms with Crippen molar-refractivity contribution in [2.45, 2.75) is 11.4 Å². The Bertz CT molecular complexity index is 649. The van der Waals surface area contributed by atoms with E-state index in [0.717, 1.165) is 5.56 Å². The molecule has 0 bridgehead atoms. The summed E-state index contributed by atoms with van der Waals surface area (Å²) in [5.41, 5.74) is 0.777. The summed E-state index contributed by atoms with van der Waals surface area (Å²) in [6, 6.07) is 0. The van der Waals surface area contributed by atoms with Crippen LogP contribution in [-0.4, -0.2) is 35.2 Å². The molecule has 0 spiro atoms. The molecule has 0 fully saturated rings. The molecule has 19 heavy (non-hydrogen) atoms. The summed E-state index contributed by atoms with van der Waals surface area (Å²) >= 11 is 0. The number of anilines is 1. The molecule has 9 heteroatoms. The van der Waals surface area contributed by atoms with E-state index in [0.29, 0.717) is 5.95 Å². The molecule has 0 aliphatic rings. The fraction of sp³-hybridized carbons (Fsp3) is 0.300. The Morgan fingerprint density at radius 3 is 2.47 bits per heavy atom. The van der Waals surface area contributed by atoms with E-state index in [9.17, 15) is 8.42 Å². The third-order valence-corrected chi connectivity index (χ3v) is 3.74. The van der Waals surface area contributed by atoms with Gasteiger partial charge in [0.25, 0.3) is 0 Å². The number of nitrogens with zero attached hydrogens (tertiary/aromatic N) is 4. The van der Waals surface area contributed by atoms with Crippen molar-refractivity contribution in [3.63, 3.8) is 0 Å². The van der Waals surface area contributed by atoms with E-state index < -0.39 is 10.0 Å². The summed E-state index contributed by atoms with van der Waals surface area (Å²) < 4.78 is 28.0. The summed E-state index contributed by atoms with van der Waals surface area (Å²) in [6.07, 6.45) is 5.85. The van der Waals surface area contributed by atoms with Gasteiger partial charge in [-0.1, -0.05) is 0 Å². The van der Waals surface area contributed by atoms with Crippen LogP contribution in [0, 0.1) is 0 Å². The van der Waals surface area contributed by atoms with E-state index in [1.165, 1.54) is 12.4 Å². The molecule has 0 saturated carbocycles. The molecule has 0 saturated heterocycles. The van der Waals surface area contributed by atoms with Crippen molar-refractivity contribution in [3.05, 3.63) is 30.4 Å². The molecule has 0 amide bonds. The van der Waals surface area contributed by atoms with Gasteiger partial charge in [-0.2, -0.15) is 5.10 Å². The Balaban J connectivity index is 2.09. The summed E-state index contributed by atoms with van der Waals surface area (Å²) in [5.74, 6) is 0.367. The van der Waals surface area contributed by atoms with Gasteiger partial charge in [0, 0.05) is 32.4 Å². The molecule has 0 radical (unpaired) electrons. The fourth-order valence-electron chi connectivity index (χ4n) is 1.41. The molecular formula is C10H14N6O2S. The zero-order valence-electron chi connectivity index (χ0n) is 10.5. The number of hydrogen-bond acceptors (Lipinski definition) is 6. The lowest BCUT2D eigenvalue weighted by Crippen LogP contribution is -2.23. The highest BCUT2D eigenvalue weighted by molar-refractivity contribution is 7.89. The van der Waals surface area contributed by atoms with Gasteiger partial charge in [-0.05, 0) is 0 Å². The van der Waals surface area contributed by atoms with Crippen molar-refractivity contribution >= 4 is 16.0 Å². The standard InChI is InChI=1S/C10H14N6O2S/c1-11-10-12-5-9(6-13-10)19(17,18)15-4-8-3-14-16(2)7-8/h3,5-7,15H,4H2,1-2H3,(H,11,12,13). The maximum atomic E-state index is 12.0. The van der Waals surface area contributed by atoms with Crippen LogP contribution in [0.3, 0.4) is 0 Å². The van der Waals surface area contributed by atoms with Gasteiger partial charge in [0.1, 0.15) is 4.90 Å². The van der Waals surface area contributed by atoms with Crippen LogP contribution in [0.5, 0.6) is 0 Å². The first-order valence-corrected chi connectivity index (χ1v) is 6.96. The van der Waals surface area contributed by atoms with Gasteiger partial charge < -0.3 is 5.32 Å². The molecule has 2 rings (SSSR count). The predicted octanol–water partition coefficient (Wildman–Crippen LogP) is -0.270. The monoisotopic (exact) mass is 282 g/mol. The molecule has 2 heterocycles. The van der Waals surface area contributed by atoms with Gasteiger partial charge >= 0.3 is 0 Å². The van der Waals surface area contributed by atoms with Gasteiger partial charge in [0.05, 0.1) is 18.6 Å². The minimum absolute atomic E-state index is 0.0235. The lowest BCUT2D eigenvalue weighted by Gasteiger charge is -2.05. The van der Waals surface area contributed by atoms with Crippen LogP contribution in [0.25, 0.3) is 0 Å². The van der Waals surface area contributed by atoms with Crippen molar-refractivity contribution in [1.82, 2.24) is 24.5 Å². The highest BCUT2D eigenvalue weighted by Gasteiger charge is 2.15. The Morgan fingerprint density at radius 2 is 1.95 bits per heavy atom. The molecule has 0 unspecified atom stereocenters. The van der Waals surface area contributed by atoms with Gasteiger partial charge in [0.2, 0.25) is 16.0 Å². The summed E-state index contributed by atoms with van der Waals surface area (Å²) in [5, 5.41) is 6.68. The SMILES string of the molecule is CNc1ncc(S(=O)(=O)NCc2cnn(C)c2)cn1. The van der Waals surface area contributed by atoms with E-state index in [1.54, 1.807) is 31.2 Å². The topological polar surface area (TPSA) is 102 Å². The maximum Gasteiger partial charge on any atom is 0.243 e. The van der Waals surface area contributed by atoms with Crippen molar-refractivity contribution in [2.24, 2.45) is 7.05 Å². The average Bonchev–Trinajstić information content (AvgIpc) is 2.82. The highest BCUT2D eigenvalue weighted by atomic mass is 32.2. The molecule has 0 atom stereocenters. The maximum absolute atomic E-state index is 12.0. The molecule has 8 nitrogen and oxygen atoms in total. The lowest BCUT2D eigenvalue weighted by atomic mass is 10.4. The Morgan fingerprint density at radius 1 is 1.26 bits per heavy atom. The van der Waals surface area contributed by atoms with E-state index in [-0.39, 0.29) is 11.4 Å². The molecule has 2 N–H and O–H groups in total. The van der Waals surface area contributed by atoms with Gasteiger partial charge in [-0.3, -0.25) is 4.68 Å². The summed E-state index contributed by atoms with van der Waals surface area (Å²) in [4.78, 5) is 7.75. The molecule has 102 valence electrons. The molecule has 0 aliphatic carbocycles. The van der Waals surface area contributed by atoms with Crippen LogP contribution in [0.1, 0.15) is 5.56 Å². The van der Waals surface area contributed by atoms with Crippen LogP contribution in [-0.2, 0) is 23.6 Å². The van der Waals surface area contributed by atoms with Gasteiger partial charge in [0.15, 0.2) is 0 Å². The molecule has 2 aromatic heterocycles. The molecule has 0 aromatic carbocycles. The van der Waals surface area contributed by atoms with E-state index in [2.05, 4.69) is 25.1 Å². The number of hydrogen-bond donors (Lipinski definition) is 2. The zero-order valence-corrected chi connectivity index (χ0v) is 11.3. The second-order valence-corrected chi connectivity index (χ2v) is 5.61. The number of aryl methyl sites for hydroxylation is 1. The quantitative estimate of drug-likeness (QED) is 0.782. The number of aromatic nitrogens is 4. The minimum Gasteiger partial charge on any atom is -0.357 e. The van der Waals surface area contributed by atoms with Crippen LogP contribution >= 0.6 is 0 Å². The average molecular weight is 282 g/mol. The van der Waals surface area contributed by atoms with Crippen molar-refractivity contribution < 1.29 is 8.42 Å². The van der Waals surface area contributed by atoms with Crippen LogP contribution in [0.4, 0.5) is 5.95 Å². The number of nitrogens with one attached hydrogen (secondary N) is 2. The van der Waals surface area contributed by atoms with Crippen LogP contribution < -0.4 is 10.0 Å².